The van der Waals surface area contributed by atoms with E-state index in [2.05, 4.69) is 101 Å². The smallest absolute Gasteiger partial charge is 0.242 e. The van der Waals surface area contributed by atoms with Gasteiger partial charge in [0.15, 0.2) is 6.17 Å². The predicted molar refractivity (Wildman–Crippen MR) is 261 cm³/mol. The van der Waals surface area contributed by atoms with Crippen LogP contribution in [0.1, 0.15) is 153 Å². The Hall–Kier alpha value is -2.73. The number of piperidine rings is 1. The number of amides is 1. The molecule has 2 spiro atoms. The standard InChI is InChI=1S/C52H74ClN9O2S/c1-33-35(3)65-51-47(33)48(55-34(2)49-58-57-36(4)61(49)51)39-12-10-37(11-13-39)38-22-25-52(26-23-38)24-9-27-60(32-52)46-21-20-45(59-62(46)28-7-5-6-8-29-62)50(63)56-41-15-18-42(19-16-41)64-43-17-14-40(31-54)44(53)30-43/h10-14,17,30,33-36,38,41-42,45-47,49,51,57-59H,5-9,15-16,18-29,32H2,1-4H3/p+1/t33?,34-,35?,36?,38?,41?,42?,45?,46?,47?,49?,51?,52?/m0/s1. The molecule has 2 aromatic rings. The van der Waals surface area contributed by atoms with Gasteiger partial charge in [-0.05, 0) is 151 Å². The first-order valence-corrected chi connectivity index (χ1v) is 27.0. The number of quaternary nitrogens is 1. The van der Waals surface area contributed by atoms with E-state index in [0.717, 1.165) is 56.2 Å². The van der Waals surface area contributed by atoms with Gasteiger partial charge in [-0.1, -0.05) is 49.7 Å². The number of halogens is 1. The fourth-order valence-electron chi connectivity index (χ4n) is 13.9. The molecule has 2 saturated carbocycles. The Balaban J connectivity index is 0.754. The summed E-state index contributed by atoms with van der Waals surface area (Å²) in [6.07, 6.45) is 19.4. The van der Waals surface area contributed by atoms with Gasteiger partial charge in [-0.15, -0.1) is 11.8 Å². The molecule has 0 bridgehead atoms. The van der Waals surface area contributed by atoms with Gasteiger partial charge in [-0.25, -0.2) is 15.4 Å². The number of nitrogens with zero attached hydrogens (tertiary/aromatic N) is 5. The van der Waals surface area contributed by atoms with Crippen LogP contribution in [-0.4, -0.2) is 106 Å². The maximum Gasteiger partial charge on any atom is 0.242 e. The number of benzene rings is 2. The number of ether oxygens (including phenoxy) is 1. The zero-order valence-electron chi connectivity index (χ0n) is 39.5. The Labute approximate surface area is 398 Å². The van der Waals surface area contributed by atoms with Crippen LogP contribution in [0.3, 0.4) is 0 Å². The molecule has 352 valence electrons. The van der Waals surface area contributed by atoms with Crippen LogP contribution in [-0.2, 0) is 4.79 Å². The number of fused-ring (bicyclic) bond motifs is 3. The highest BCUT2D eigenvalue weighted by molar-refractivity contribution is 8.00. The van der Waals surface area contributed by atoms with E-state index in [0.29, 0.717) is 62.5 Å². The van der Waals surface area contributed by atoms with Crippen LogP contribution < -0.4 is 26.3 Å². The van der Waals surface area contributed by atoms with Crippen molar-refractivity contribution < 1.29 is 14.1 Å². The molecular formula is C52H75ClN9O2S+. The summed E-state index contributed by atoms with van der Waals surface area (Å²) < 4.78 is 7.14. The summed E-state index contributed by atoms with van der Waals surface area (Å²) >= 11 is 8.41. The largest absolute Gasteiger partial charge is 0.490 e. The third-order valence-electron chi connectivity index (χ3n) is 17.7. The first-order valence-electron chi connectivity index (χ1n) is 25.7. The number of likely N-dealkylation sites (tertiary alicyclic amines) is 1. The van der Waals surface area contributed by atoms with Gasteiger partial charge < -0.3 is 10.1 Å². The third-order valence-corrected chi connectivity index (χ3v) is 19.7. The molecule has 6 heterocycles. The van der Waals surface area contributed by atoms with Crippen LogP contribution >= 0.6 is 23.4 Å². The molecule has 13 heteroatoms. The maximum absolute atomic E-state index is 14.1. The minimum Gasteiger partial charge on any atom is -0.490 e. The highest BCUT2D eigenvalue weighted by Gasteiger charge is 2.54. The predicted octanol–water partition coefficient (Wildman–Crippen LogP) is 8.83. The summed E-state index contributed by atoms with van der Waals surface area (Å²) in [5.74, 6) is 2.50. The molecule has 65 heavy (non-hydrogen) atoms. The molecule has 8 unspecified atom stereocenters. The highest BCUT2D eigenvalue weighted by Crippen LogP contribution is 2.51. The molecule has 10 rings (SSSR count). The van der Waals surface area contributed by atoms with Crippen LogP contribution in [0.5, 0.6) is 5.75 Å². The van der Waals surface area contributed by atoms with Crippen LogP contribution in [0.25, 0.3) is 0 Å². The number of hydrogen-bond donors (Lipinski definition) is 4. The van der Waals surface area contributed by atoms with Crippen molar-refractivity contribution in [3.8, 4) is 11.8 Å². The number of rotatable bonds is 7. The van der Waals surface area contributed by atoms with Crippen molar-refractivity contribution in [3.63, 3.8) is 0 Å². The van der Waals surface area contributed by atoms with Gasteiger partial charge in [0.05, 0.1) is 53.5 Å². The Morgan fingerprint density at radius 2 is 1.68 bits per heavy atom. The zero-order valence-corrected chi connectivity index (χ0v) is 41.0. The molecule has 6 aliphatic heterocycles. The average Bonchev–Trinajstić information content (AvgIpc) is 3.69. The molecule has 2 aliphatic carbocycles. The Bertz CT molecular complexity index is 2070. The van der Waals surface area contributed by atoms with Gasteiger partial charge >= 0.3 is 0 Å². The monoisotopic (exact) mass is 925 g/mol. The van der Waals surface area contributed by atoms with Crippen molar-refractivity contribution in [2.45, 2.75) is 190 Å². The molecule has 4 N–H and O–H groups in total. The Morgan fingerprint density at radius 3 is 2.40 bits per heavy atom. The summed E-state index contributed by atoms with van der Waals surface area (Å²) in [4.78, 5) is 25.2. The number of carbonyl (C=O) groups is 1. The normalized spacial score (nSPS) is 38.8. The number of nitriles is 1. The lowest BCUT2D eigenvalue weighted by molar-refractivity contribution is -1.01. The van der Waals surface area contributed by atoms with Gasteiger partial charge in [-0.2, -0.15) is 10.7 Å². The number of thioether (sulfide) groups is 1. The van der Waals surface area contributed by atoms with Crippen molar-refractivity contribution in [1.29, 1.82) is 5.26 Å². The van der Waals surface area contributed by atoms with Crippen LogP contribution in [0.4, 0.5) is 0 Å². The summed E-state index contributed by atoms with van der Waals surface area (Å²) in [6.45, 7) is 14.0. The molecule has 2 aromatic carbocycles. The van der Waals surface area contributed by atoms with Gasteiger partial charge in [0.25, 0.3) is 0 Å². The third kappa shape index (κ3) is 9.28. The summed E-state index contributed by atoms with van der Waals surface area (Å²) in [5, 5.41) is 14.2. The van der Waals surface area contributed by atoms with Gasteiger partial charge in [0, 0.05) is 48.5 Å². The second kappa shape index (κ2) is 19.3. The number of aliphatic imine (C=N–C) groups is 1. The van der Waals surface area contributed by atoms with E-state index in [1.165, 1.54) is 94.1 Å². The summed E-state index contributed by atoms with van der Waals surface area (Å²) in [5.41, 5.74) is 16.2. The molecule has 7 fully saturated rings. The van der Waals surface area contributed by atoms with Crippen molar-refractivity contribution in [2.24, 2.45) is 22.2 Å². The van der Waals surface area contributed by atoms with Gasteiger partial charge in [-0.3, -0.25) is 19.6 Å². The molecule has 1 amide bonds. The molecule has 11 nitrogen and oxygen atoms in total. The second-order valence-electron chi connectivity index (χ2n) is 21.7. The lowest BCUT2D eigenvalue weighted by Gasteiger charge is -2.56. The quantitative estimate of drug-likeness (QED) is 0.202. The average molecular weight is 926 g/mol. The van der Waals surface area contributed by atoms with Crippen LogP contribution in [0.15, 0.2) is 47.5 Å². The van der Waals surface area contributed by atoms with E-state index in [9.17, 15) is 10.1 Å². The van der Waals surface area contributed by atoms with Gasteiger partial charge in [0.1, 0.15) is 17.9 Å². The van der Waals surface area contributed by atoms with Crippen molar-refractivity contribution in [2.75, 3.05) is 26.2 Å². The Morgan fingerprint density at radius 1 is 0.923 bits per heavy atom. The maximum atomic E-state index is 14.1. The SMILES string of the molecule is CC1SC2C(C(c3ccc(C4CCC5(CCCN(C6CCC(C(=O)NC7CCC(Oc8ccc(C#N)c(Cl)c8)CC7)N[N+]67CCCCCC7)C5)CC4)cc3)=N[C@@H](C)C3NNC(C)N23)C1C. The van der Waals surface area contributed by atoms with Gasteiger partial charge in [0.2, 0.25) is 5.91 Å². The molecule has 5 saturated heterocycles. The van der Waals surface area contributed by atoms with Crippen molar-refractivity contribution in [3.05, 3.63) is 64.2 Å². The minimum absolute atomic E-state index is 0.0865. The molecule has 9 atom stereocenters. The highest BCUT2D eigenvalue weighted by atomic mass is 35.5. The molecule has 0 radical (unpaired) electrons. The topological polar surface area (TPSA) is 117 Å². The summed E-state index contributed by atoms with van der Waals surface area (Å²) in [6, 6.07) is 17.3. The van der Waals surface area contributed by atoms with Crippen molar-refractivity contribution in [1.82, 2.24) is 31.4 Å². The van der Waals surface area contributed by atoms with E-state index < -0.39 is 0 Å². The van der Waals surface area contributed by atoms with Crippen LogP contribution in [0, 0.1) is 28.6 Å². The molecule has 8 aliphatic rings. The second-order valence-corrected chi connectivity index (χ2v) is 23.6. The van der Waals surface area contributed by atoms with Crippen molar-refractivity contribution >= 4 is 35.0 Å². The van der Waals surface area contributed by atoms with E-state index in [1.807, 2.05) is 6.07 Å². The van der Waals surface area contributed by atoms with E-state index in [1.54, 1.807) is 12.1 Å². The lowest BCUT2D eigenvalue weighted by atomic mass is 9.65. The zero-order chi connectivity index (χ0) is 44.9. The van der Waals surface area contributed by atoms with E-state index in [4.69, 9.17) is 21.3 Å². The van der Waals surface area contributed by atoms with E-state index >= 15 is 0 Å². The first kappa shape index (κ1) is 46.0. The number of nitrogens with one attached hydrogen (secondary N) is 4. The van der Waals surface area contributed by atoms with Crippen LogP contribution in [0.2, 0.25) is 5.02 Å². The minimum atomic E-state index is -0.154. The summed E-state index contributed by atoms with van der Waals surface area (Å²) in [7, 11) is 0. The van der Waals surface area contributed by atoms with E-state index in [-0.39, 0.29) is 36.3 Å². The fraction of sp³-hybridized carbons (Fsp3) is 0.712. The lowest BCUT2D eigenvalue weighted by Crippen LogP contribution is -2.76. The number of hydrazine groups is 1. The first-order chi connectivity index (χ1) is 31.5. The molecule has 0 aromatic heterocycles. The molecular weight excluding hydrogens is 850 g/mol. The Kier molecular flexibility index (Phi) is 13.7. The number of hydrogen-bond acceptors (Lipinski definition) is 10. The number of carbonyl (C=O) groups excluding carboxylic acids is 1. The fourth-order valence-corrected chi connectivity index (χ4v) is 15.9.